The second-order valence-corrected chi connectivity index (χ2v) is 7.17. The van der Waals surface area contributed by atoms with Gasteiger partial charge in [-0.25, -0.2) is 4.79 Å². The van der Waals surface area contributed by atoms with Gasteiger partial charge in [-0.05, 0) is 43.4 Å². The lowest BCUT2D eigenvalue weighted by Gasteiger charge is -2.20. The number of benzene rings is 1. The summed E-state index contributed by atoms with van der Waals surface area (Å²) >= 11 is 3.37. The number of nitrogens with two attached hydrogens (primary N) is 1. The van der Waals surface area contributed by atoms with Crippen molar-refractivity contribution in [1.29, 1.82) is 0 Å². The minimum absolute atomic E-state index is 0.0945. The predicted octanol–water partition coefficient (Wildman–Crippen LogP) is 3.49. The summed E-state index contributed by atoms with van der Waals surface area (Å²) in [4.78, 5) is 23.4. The molecule has 1 aromatic rings. The Kier molecular flexibility index (Phi) is 8.09. The van der Waals surface area contributed by atoms with Crippen LogP contribution in [0.15, 0.2) is 28.7 Å². The maximum atomic E-state index is 12.2. The number of hydrogen-bond acceptors (Lipinski definition) is 2. The molecule has 3 amide bonds. The molecule has 0 radical (unpaired) electrons. The Morgan fingerprint density at radius 2 is 1.70 bits per heavy atom. The van der Waals surface area contributed by atoms with Crippen LogP contribution in [-0.4, -0.2) is 18.0 Å². The number of primary amides is 1. The lowest BCUT2D eigenvalue weighted by Crippen LogP contribution is -2.39. The van der Waals surface area contributed by atoms with Crippen LogP contribution in [0.4, 0.5) is 4.79 Å². The molecule has 0 saturated heterocycles. The van der Waals surface area contributed by atoms with Crippen molar-refractivity contribution in [1.82, 2.24) is 10.6 Å². The first-order valence-corrected chi connectivity index (χ1v) is 8.68. The van der Waals surface area contributed by atoms with Crippen LogP contribution in [0.2, 0.25) is 0 Å². The highest BCUT2D eigenvalue weighted by atomic mass is 79.9. The number of halogens is 1. The fraction of sp³-hybridized carbons (Fsp3) is 0.529. The van der Waals surface area contributed by atoms with Crippen molar-refractivity contribution >= 4 is 27.9 Å². The van der Waals surface area contributed by atoms with E-state index in [2.05, 4.69) is 40.4 Å². The molecule has 0 bridgehead atoms. The van der Waals surface area contributed by atoms with Gasteiger partial charge in [0.05, 0.1) is 12.5 Å². The van der Waals surface area contributed by atoms with Gasteiger partial charge in [-0.15, -0.1) is 0 Å². The van der Waals surface area contributed by atoms with Crippen LogP contribution in [0.3, 0.4) is 0 Å². The standard InChI is InChI=1S/C17H26BrN3O2/c1-11(2)4-5-12(3)20-16(22)10-15(21-17(19)23)13-6-8-14(18)9-7-13/h6-9,11-12,15H,4-5,10H2,1-3H3,(H,20,22)(H3,19,21,23)/t12-,15+/m0/s1. The third-order valence-corrected chi connectivity index (χ3v) is 4.09. The molecule has 4 N–H and O–H groups in total. The molecule has 0 unspecified atom stereocenters. The number of carbonyl (C=O) groups is 2. The molecule has 2 atom stereocenters. The molecule has 0 spiro atoms. The van der Waals surface area contributed by atoms with Gasteiger partial charge < -0.3 is 16.4 Å². The van der Waals surface area contributed by atoms with Gasteiger partial charge in [0.15, 0.2) is 0 Å². The molecule has 0 saturated carbocycles. The first-order valence-electron chi connectivity index (χ1n) is 7.88. The fourth-order valence-corrected chi connectivity index (χ4v) is 2.56. The Labute approximate surface area is 146 Å². The van der Waals surface area contributed by atoms with Gasteiger partial charge in [-0.3, -0.25) is 4.79 Å². The van der Waals surface area contributed by atoms with Gasteiger partial charge in [0.1, 0.15) is 0 Å². The van der Waals surface area contributed by atoms with Gasteiger partial charge >= 0.3 is 6.03 Å². The van der Waals surface area contributed by atoms with E-state index in [1.54, 1.807) is 0 Å². The van der Waals surface area contributed by atoms with Crippen LogP contribution in [0.1, 0.15) is 51.6 Å². The lowest BCUT2D eigenvalue weighted by atomic mass is 10.0. The number of urea groups is 1. The third-order valence-electron chi connectivity index (χ3n) is 3.56. The third kappa shape index (κ3) is 8.02. The minimum Gasteiger partial charge on any atom is -0.354 e. The molecular formula is C17H26BrN3O2. The van der Waals surface area contributed by atoms with Crippen molar-refractivity contribution in [3.63, 3.8) is 0 Å². The van der Waals surface area contributed by atoms with Crippen LogP contribution < -0.4 is 16.4 Å². The molecular weight excluding hydrogens is 358 g/mol. The van der Waals surface area contributed by atoms with Crippen LogP contribution in [0.25, 0.3) is 0 Å². The molecule has 0 aromatic heterocycles. The second kappa shape index (κ2) is 9.55. The van der Waals surface area contributed by atoms with E-state index in [1.165, 1.54) is 0 Å². The van der Waals surface area contributed by atoms with E-state index < -0.39 is 12.1 Å². The molecule has 0 heterocycles. The number of rotatable bonds is 8. The van der Waals surface area contributed by atoms with Crippen molar-refractivity contribution < 1.29 is 9.59 Å². The molecule has 128 valence electrons. The lowest BCUT2D eigenvalue weighted by molar-refractivity contribution is -0.122. The molecule has 1 rings (SSSR count). The largest absolute Gasteiger partial charge is 0.354 e. The number of nitrogens with one attached hydrogen (secondary N) is 2. The number of hydrogen-bond donors (Lipinski definition) is 3. The zero-order chi connectivity index (χ0) is 17.4. The summed E-state index contributed by atoms with van der Waals surface area (Å²) in [7, 11) is 0. The number of amides is 3. The molecule has 0 fully saturated rings. The minimum atomic E-state index is -0.640. The molecule has 1 aromatic carbocycles. The average Bonchev–Trinajstić information content (AvgIpc) is 2.44. The topological polar surface area (TPSA) is 84.2 Å². The Hall–Kier alpha value is -1.56. The Morgan fingerprint density at radius 1 is 1.09 bits per heavy atom. The van der Waals surface area contributed by atoms with Crippen molar-refractivity contribution in [2.24, 2.45) is 11.7 Å². The smallest absolute Gasteiger partial charge is 0.312 e. The molecule has 0 aliphatic rings. The molecule has 23 heavy (non-hydrogen) atoms. The van der Waals surface area contributed by atoms with Crippen LogP contribution in [-0.2, 0) is 4.79 Å². The zero-order valence-electron chi connectivity index (χ0n) is 13.9. The quantitative estimate of drug-likeness (QED) is 0.641. The highest BCUT2D eigenvalue weighted by molar-refractivity contribution is 9.10. The van der Waals surface area contributed by atoms with E-state index in [0.29, 0.717) is 5.92 Å². The molecule has 0 aliphatic heterocycles. The summed E-state index contributed by atoms with van der Waals surface area (Å²) in [6.07, 6.45) is 2.17. The maximum Gasteiger partial charge on any atom is 0.312 e. The van der Waals surface area contributed by atoms with E-state index in [4.69, 9.17) is 5.73 Å². The van der Waals surface area contributed by atoms with E-state index in [-0.39, 0.29) is 18.4 Å². The first kappa shape index (κ1) is 19.5. The Morgan fingerprint density at radius 3 is 2.22 bits per heavy atom. The average molecular weight is 384 g/mol. The Balaban J connectivity index is 2.64. The normalized spacial score (nSPS) is 13.4. The summed E-state index contributed by atoms with van der Waals surface area (Å²) in [5, 5.41) is 5.61. The summed E-state index contributed by atoms with van der Waals surface area (Å²) in [5.41, 5.74) is 6.07. The van der Waals surface area contributed by atoms with Crippen molar-refractivity contribution in [3.05, 3.63) is 34.3 Å². The fourth-order valence-electron chi connectivity index (χ4n) is 2.29. The number of carbonyl (C=O) groups excluding carboxylic acids is 2. The monoisotopic (exact) mass is 383 g/mol. The van der Waals surface area contributed by atoms with Gasteiger partial charge in [-0.1, -0.05) is 41.9 Å². The summed E-state index contributed by atoms with van der Waals surface area (Å²) in [5.74, 6) is 0.518. The summed E-state index contributed by atoms with van der Waals surface area (Å²) in [6, 6.07) is 6.50. The first-order chi connectivity index (χ1) is 10.8. The van der Waals surface area contributed by atoms with Crippen molar-refractivity contribution in [2.45, 2.75) is 52.1 Å². The Bertz CT molecular complexity index is 517. The highest BCUT2D eigenvalue weighted by Gasteiger charge is 2.18. The zero-order valence-corrected chi connectivity index (χ0v) is 15.5. The molecule has 0 aliphatic carbocycles. The van der Waals surface area contributed by atoms with Gasteiger partial charge in [0.2, 0.25) is 5.91 Å². The van der Waals surface area contributed by atoms with Gasteiger partial charge in [0.25, 0.3) is 0 Å². The maximum absolute atomic E-state index is 12.2. The molecule has 5 nitrogen and oxygen atoms in total. The van der Waals surface area contributed by atoms with E-state index in [9.17, 15) is 9.59 Å². The SMILES string of the molecule is CC(C)CC[C@H](C)NC(=O)C[C@@H](NC(N)=O)c1ccc(Br)cc1. The van der Waals surface area contributed by atoms with Gasteiger partial charge in [-0.2, -0.15) is 0 Å². The van der Waals surface area contributed by atoms with E-state index >= 15 is 0 Å². The molecule has 6 heteroatoms. The second-order valence-electron chi connectivity index (χ2n) is 6.26. The highest BCUT2D eigenvalue weighted by Crippen LogP contribution is 2.20. The predicted molar refractivity (Wildman–Crippen MR) is 95.9 cm³/mol. The van der Waals surface area contributed by atoms with Crippen LogP contribution in [0.5, 0.6) is 0 Å². The van der Waals surface area contributed by atoms with Crippen molar-refractivity contribution in [2.75, 3.05) is 0 Å². The summed E-state index contributed by atoms with van der Waals surface area (Å²) in [6.45, 7) is 6.32. The van der Waals surface area contributed by atoms with Crippen LogP contribution >= 0.6 is 15.9 Å². The van der Waals surface area contributed by atoms with E-state index in [0.717, 1.165) is 22.9 Å². The van der Waals surface area contributed by atoms with Gasteiger partial charge in [0, 0.05) is 10.5 Å². The summed E-state index contributed by atoms with van der Waals surface area (Å²) < 4.78 is 0.936. The van der Waals surface area contributed by atoms with Crippen LogP contribution in [0, 0.1) is 5.92 Å². The van der Waals surface area contributed by atoms with E-state index in [1.807, 2.05) is 31.2 Å². The van der Waals surface area contributed by atoms with Crippen molar-refractivity contribution in [3.8, 4) is 0 Å².